The molecule has 0 aliphatic carbocycles. The van der Waals surface area contributed by atoms with E-state index in [1.807, 2.05) is 6.92 Å². The maximum Gasteiger partial charge on any atom is 0.261 e. The first kappa shape index (κ1) is 15.2. The van der Waals surface area contributed by atoms with E-state index in [0.29, 0.717) is 24.4 Å². The zero-order chi connectivity index (χ0) is 14.3. The van der Waals surface area contributed by atoms with Crippen molar-refractivity contribution < 1.29 is 9.59 Å². The molecular weight excluding hydrogens is 262 g/mol. The summed E-state index contributed by atoms with van der Waals surface area (Å²) in [7, 11) is 0. The third kappa shape index (κ3) is 5.12. The maximum atomic E-state index is 11.8. The van der Waals surface area contributed by atoms with Crippen molar-refractivity contribution in [2.75, 3.05) is 13.1 Å². The third-order valence-electron chi connectivity index (χ3n) is 2.33. The Morgan fingerprint density at radius 2 is 2.21 bits per heavy atom. The second-order valence-electron chi connectivity index (χ2n) is 3.95. The molecule has 0 unspecified atom stereocenters. The average molecular weight is 279 g/mol. The van der Waals surface area contributed by atoms with Gasteiger partial charge in [0.25, 0.3) is 5.91 Å². The van der Waals surface area contributed by atoms with E-state index in [1.54, 1.807) is 6.07 Å². The number of amides is 2. The van der Waals surface area contributed by atoms with Crippen molar-refractivity contribution in [2.24, 2.45) is 11.5 Å². The van der Waals surface area contributed by atoms with Gasteiger partial charge in [-0.15, -0.1) is 11.3 Å². The van der Waals surface area contributed by atoms with Gasteiger partial charge >= 0.3 is 0 Å². The molecule has 0 aliphatic rings. The molecule has 5 nitrogen and oxygen atoms in total. The fourth-order valence-electron chi connectivity index (χ4n) is 1.40. The summed E-state index contributed by atoms with van der Waals surface area (Å²) in [6.07, 6.45) is 0.822. The zero-order valence-corrected chi connectivity index (χ0v) is 11.6. The lowest BCUT2D eigenvalue weighted by Gasteiger charge is -2.01. The van der Waals surface area contributed by atoms with Gasteiger partial charge < -0.3 is 16.8 Å². The Bertz CT molecular complexity index is 526. The Labute approximate surface area is 116 Å². The summed E-state index contributed by atoms with van der Waals surface area (Å²) in [5.41, 5.74) is 11.3. The summed E-state index contributed by atoms with van der Waals surface area (Å²) >= 11 is 1.34. The Kier molecular flexibility index (Phi) is 6.06. The SMILES string of the molecule is Cc1cc(C(=O)NCCCC(N)=O)sc1C#CCN. The molecule has 5 N–H and O–H groups in total. The molecule has 1 rings (SSSR count). The van der Waals surface area contributed by atoms with Crippen LogP contribution in [0, 0.1) is 18.8 Å². The quantitative estimate of drug-likeness (QED) is 0.536. The summed E-state index contributed by atoms with van der Waals surface area (Å²) < 4.78 is 0. The van der Waals surface area contributed by atoms with Gasteiger partial charge in [0.15, 0.2) is 0 Å². The van der Waals surface area contributed by atoms with E-state index in [0.717, 1.165) is 10.4 Å². The zero-order valence-electron chi connectivity index (χ0n) is 10.8. The summed E-state index contributed by atoms with van der Waals surface area (Å²) in [4.78, 5) is 23.9. The van der Waals surface area contributed by atoms with Gasteiger partial charge in [-0.1, -0.05) is 11.8 Å². The van der Waals surface area contributed by atoms with Gasteiger partial charge in [0.1, 0.15) is 0 Å². The number of nitrogens with two attached hydrogens (primary N) is 2. The minimum atomic E-state index is -0.361. The summed E-state index contributed by atoms with van der Waals surface area (Å²) in [6.45, 7) is 2.63. The summed E-state index contributed by atoms with van der Waals surface area (Å²) in [5.74, 6) is 5.19. The highest BCUT2D eigenvalue weighted by Crippen LogP contribution is 2.20. The molecule has 1 aromatic rings. The van der Waals surface area contributed by atoms with Gasteiger partial charge in [0.05, 0.1) is 16.3 Å². The van der Waals surface area contributed by atoms with E-state index in [2.05, 4.69) is 17.2 Å². The molecule has 1 aromatic heterocycles. The average Bonchev–Trinajstić information content (AvgIpc) is 2.73. The third-order valence-corrected chi connectivity index (χ3v) is 3.48. The van der Waals surface area contributed by atoms with Crippen LogP contribution < -0.4 is 16.8 Å². The highest BCUT2D eigenvalue weighted by Gasteiger charge is 2.10. The number of rotatable bonds is 5. The second-order valence-corrected chi connectivity index (χ2v) is 5.01. The fourth-order valence-corrected chi connectivity index (χ4v) is 2.36. The molecule has 102 valence electrons. The Morgan fingerprint density at radius 3 is 2.84 bits per heavy atom. The number of carbonyl (C=O) groups excluding carboxylic acids is 2. The van der Waals surface area contributed by atoms with Gasteiger partial charge in [0, 0.05) is 13.0 Å². The first-order chi connectivity index (χ1) is 9.04. The molecule has 0 aliphatic heterocycles. The van der Waals surface area contributed by atoms with E-state index in [4.69, 9.17) is 11.5 Å². The van der Waals surface area contributed by atoms with Crippen LogP contribution in [0.4, 0.5) is 0 Å². The van der Waals surface area contributed by atoms with Gasteiger partial charge in [-0.05, 0) is 25.0 Å². The van der Waals surface area contributed by atoms with Gasteiger partial charge in [0.2, 0.25) is 5.91 Å². The molecule has 0 saturated heterocycles. The standard InChI is InChI=1S/C13H17N3O2S/c1-9-8-11(19-10(9)4-2-6-14)13(18)16-7-3-5-12(15)17/h8H,3,5-7,14H2,1H3,(H2,15,17)(H,16,18). The van der Waals surface area contributed by atoms with Gasteiger partial charge in [-0.2, -0.15) is 0 Å². The Morgan fingerprint density at radius 1 is 1.47 bits per heavy atom. The number of nitrogens with one attached hydrogen (secondary N) is 1. The van der Waals surface area contributed by atoms with Crippen LogP contribution in [-0.2, 0) is 4.79 Å². The number of carbonyl (C=O) groups is 2. The van der Waals surface area contributed by atoms with E-state index in [9.17, 15) is 9.59 Å². The van der Waals surface area contributed by atoms with Crippen molar-refractivity contribution >= 4 is 23.2 Å². The molecule has 0 atom stereocenters. The lowest BCUT2D eigenvalue weighted by molar-refractivity contribution is -0.118. The molecule has 6 heteroatoms. The normalized spacial score (nSPS) is 9.58. The van der Waals surface area contributed by atoms with Crippen LogP contribution in [0.3, 0.4) is 0 Å². The Hall–Kier alpha value is -1.84. The highest BCUT2D eigenvalue weighted by molar-refractivity contribution is 7.14. The number of hydrogen-bond donors (Lipinski definition) is 3. The monoisotopic (exact) mass is 279 g/mol. The molecule has 19 heavy (non-hydrogen) atoms. The molecule has 1 heterocycles. The predicted octanol–water partition coefficient (Wildman–Crippen LogP) is 0.362. The van der Waals surface area contributed by atoms with E-state index >= 15 is 0 Å². The second kappa shape index (κ2) is 7.56. The van der Waals surface area contributed by atoms with Crippen LogP contribution in [0.15, 0.2) is 6.07 Å². The van der Waals surface area contributed by atoms with Gasteiger partial charge in [-0.25, -0.2) is 0 Å². The van der Waals surface area contributed by atoms with Crippen LogP contribution >= 0.6 is 11.3 Å². The minimum absolute atomic E-state index is 0.154. The Balaban J connectivity index is 2.55. The lowest BCUT2D eigenvalue weighted by atomic mass is 10.2. The largest absolute Gasteiger partial charge is 0.370 e. The molecule has 2 amide bonds. The first-order valence-electron chi connectivity index (χ1n) is 5.90. The van der Waals surface area contributed by atoms with Crippen LogP contribution in [0.25, 0.3) is 0 Å². The van der Waals surface area contributed by atoms with Crippen LogP contribution in [0.5, 0.6) is 0 Å². The number of aryl methyl sites for hydroxylation is 1. The fraction of sp³-hybridized carbons (Fsp3) is 0.385. The molecular formula is C13H17N3O2S. The first-order valence-corrected chi connectivity index (χ1v) is 6.72. The maximum absolute atomic E-state index is 11.8. The molecule has 0 spiro atoms. The minimum Gasteiger partial charge on any atom is -0.370 e. The van der Waals surface area contributed by atoms with Crippen LogP contribution in [0.1, 0.15) is 33.0 Å². The van der Waals surface area contributed by atoms with Gasteiger partial charge in [-0.3, -0.25) is 9.59 Å². The molecule has 0 fully saturated rings. The summed E-state index contributed by atoms with van der Waals surface area (Å²) in [5, 5.41) is 2.74. The number of thiophene rings is 1. The lowest BCUT2D eigenvalue weighted by Crippen LogP contribution is -2.24. The van der Waals surface area contributed by atoms with E-state index in [-0.39, 0.29) is 18.2 Å². The predicted molar refractivity (Wildman–Crippen MR) is 75.8 cm³/mol. The van der Waals surface area contributed by atoms with Crippen molar-refractivity contribution in [3.8, 4) is 11.8 Å². The molecule has 0 aromatic carbocycles. The van der Waals surface area contributed by atoms with E-state index < -0.39 is 0 Å². The van der Waals surface area contributed by atoms with Crippen molar-refractivity contribution in [3.05, 3.63) is 21.4 Å². The van der Waals surface area contributed by atoms with E-state index in [1.165, 1.54) is 11.3 Å². The molecule has 0 saturated carbocycles. The molecule has 0 radical (unpaired) electrons. The van der Waals surface area contributed by atoms with Crippen molar-refractivity contribution in [2.45, 2.75) is 19.8 Å². The highest BCUT2D eigenvalue weighted by atomic mass is 32.1. The topological polar surface area (TPSA) is 98.2 Å². The van der Waals surface area contributed by atoms with Crippen molar-refractivity contribution in [3.63, 3.8) is 0 Å². The van der Waals surface area contributed by atoms with Crippen molar-refractivity contribution in [1.82, 2.24) is 5.32 Å². The number of primary amides is 1. The summed E-state index contributed by atoms with van der Waals surface area (Å²) in [6, 6.07) is 1.80. The van der Waals surface area contributed by atoms with Crippen molar-refractivity contribution in [1.29, 1.82) is 0 Å². The van der Waals surface area contributed by atoms with Crippen LogP contribution in [0.2, 0.25) is 0 Å². The number of hydrogen-bond acceptors (Lipinski definition) is 4. The molecule has 0 bridgehead atoms. The smallest absolute Gasteiger partial charge is 0.261 e. The van der Waals surface area contributed by atoms with Crippen LogP contribution in [-0.4, -0.2) is 24.9 Å².